The van der Waals surface area contributed by atoms with Gasteiger partial charge in [0.1, 0.15) is 18.5 Å². The second-order valence-electron chi connectivity index (χ2n) is 11.7. The van der Waals surface area contributed by atoms with E-state index in [4.69, 9.17) is 9.47 Å². The molecule has 0 saturated carbocycles. The molecule has 4 unspecified atom stereocenters. The van der Waals surface area contributed by atoms with Crippen LogP contribution in [0.4, 0.5) is 0 Å². The molecule has 0 aliphatic rings. The predicted octanol–water partition coefficient (Wildman–Crippen LogP) is 5.74. The Labute approximate surface area is 278 Å². The van der Waals surface area contributed by atoms with Crippen LogP contribution >= 0.6 is 0 Å². The highest BCUT2D eigenvalue weighted by molar-refractivity contribution is 5.86. The number of aliphatic hydroxyl groups is 1. The summed E-state index contributed by atoms with van der Waals surface area (Å²) in [5.74, 6) is -1.25. The topological polar surface area (TPSA) is 114 Å². The van der Waals surface area contributed by atoms with Gasteiger partial charge in [-0.25, -0.2) is 0 Å². The first kappa shape index (κ1) is 36.8. The van der Waals surface area contributed by atoms with Gasteiger partial charge in [-0.15, -0.1) is 13.2 Å². The standard InChI is InChI=1S/C39H48N2O6/c1-4-6-18-34(23-30-14-9-7-10-15-30)39(45)47-29(3)26-40-38(44)33(13-5-2)25-37(43)41-35(27-42)24-31-19-21-36(22-20-31)46-28-32-16-11-8-12-17-32/h4-5,7-12,14-17,19-22,29,33-35,42H,1-2,6,13,18,23-28H2,3H3,(H,40,44)(H,41,43). The van der Waals surface area contributed by atoms with E-state index in [2.05, 4.69) is 23.8 Å². The fourth-order valence-corrected chi connectivity index (χ4v) is 5.15. The minimum Gasteiger partial charge on any atom is -0.489 e. The van der Waals surface area contributed by atoms with Crippen LogP contribution in [0, 0.1) is 11.8 Å². The van der Waals surface area contributed by atoms with Crippen molar-refractivity contribution < 1.29 is 29.0 Å². The molecule has 4 atom stereocenters. The van der Waals surface area contributed by atoms with E-state index < -0.39 is 18.1 Å². The van der Waals surface area contributed by atoms with Crippen LogP contribution in [0.5, 0.6) is 5.75 Å². The Balaban J connectivity index is 1.45. The molecule has 8 nitrogen and oxygen atoms in total. The monoisotopic (exact) mass is 640 g/mol. The molecular weight excluding hydrogens is 592 g/mol. The smallest absolute Gasteiger partial charge is 0.309 e. The Morgan fingerprint density at radius 2 is 1.47 bits per heavy atom. The highest BCUT2D eigenvalue weighted by Gasteiger charge is 2.25. The number of nitrogens with one attached hydrogen (secondary N) is 2. The first-order valence-electron chi connectivity index (χ1n) is 16.2. The van der Waals surface area contributed by atoms with Gasteiger partial charge < -0.3 is 25.2 Å². The van der Waals surface area contributed by atoms with E-state index >= 15 is 0 Å². The number of aliphatic hydroxyl groups excluding tert-OH is 1. The summed E-state index contributed by atoms with van der Waals surface area (Å²) in [5, 5.41) is 15.6. The molecule has 3 aromatic rings. The van der Waals surface area contributed by atoms with Gasteiger partial charge in [-0.3, -0.25) is 14.4 Å². The van der Waals surface area contributed by atoms with Crippen LogP contribution in [0.2, 0.25) is 0 Å². The summed E-state index contributed by atoms with van der Waals surface area (Å²) >= 11 is 0. The Morgan fingerprint density at radius 1 is 0.830 bits per heavy atom. The molecule has 3 aromatic carbocycles. The van der Waals surface area contributed by atoms with Gasteiger partial charge in [0.15, 0.2) is 0 Å². The molecule has 0 bridgehead atoms. The van der Waals surface area contributed by atoms with Crippen molar-refractivity contribution in [1.82, 2.24) is 10.6 Å². The van der Waals surface area contributed by atoms with Gasteiger partial charge in [-0.2, -0.15) is 0 Å². The molecule has 3 rings (SSSR count). The quantitative estimate of drug-likeness (QED) is 0.101. The molecule has 0 aromatic heterocycles. The molecule has 0 heterocycles. The fraction of sp³-hybridized carbons (Fsp3) is 0.359. The van der Waals surface area contributed by atoms with Crippen LogP contribution in [-0.4, -0.2) is 48.2 Å². The average Bonchev–Trinajstić information content (AvgIpc) is 3.09. The lowest BCUT2D eigenvalue weighted by atomic mass is 9.95. The zero-order valence-corrected chi connectivity index (χ0v) is 27.3. The Morgan fingerprint density at radius 3 is 2.09 bits per heavy atom. The third kappa shape index (κ3) is 13.7. The predicted molar refractivity (Wildman–Crippen MR) is 184 cm³/mol. The van der Waals surface area contributed by atoms with Gasteiger partial charge in [-0.05, 0) is 67.9 Å². The van der Waals surface area contributed by atoms with Crippen LogP contribution in [0.15, 0.2) is 110 Å². The summed E-state index contributed by atoms with van der Waals surface area (Å²) < 4.78 is 11.5. The molecule has 0 radical (unpaired) electrons. The number of carbonyl (C=O) groups excluding carboxylic acids is 3. The minimum absolute atomic E-state index is 0.0739. The number of allylic oxidation sites excluding steroid dienone is 2. The maximum atomic E-state index is 13.0. The number of rotatable bonds is 21. The van der Waals surface area contributed by atoms with Crippen molar-refractivity contribution in [2.75, 3.05) is 13.2 Å². The second-order valence-corrected chi connectivity index (χ2v) is 11.7. The molecule has 47 heavy (non-hydrogen) atoms. The second kappa shape index (κ2) is 20.4. The van der Waals surface area contributed by atoms with Crippen molar-refractivity contribution in [3.05, 3.63) is 127 Å². The molecule has 0 aliphatic carbocycles. The van der Waals surface area contributed by atoms with E-state index in [9.17, 15) is 19.5 Å². The molecule has 0 saturated heterocycles. The largest absolute Gasteiger partial charge is 0.489 e. The van der Waals surface area contributed by atoms with Crippen LogP contribution in [-0.2, 0) is 38.6 Å². The molecular formula is C39H48N2O6. The van der Waals surface area contributed by atoms with E-state index in [1.165, 1.54) is 0 Å². The summed E-state index contributed by atoms with van der Waals surface area (Å²) in [5.41, 5.74) is 3.05. The Bertz CT molecular complexity index is 1390. The van der Waals surface area contributed by atoms with Gasteiger partial charge in [-0.1, -0.05) is 84.9 Å². The van der Waals surface area contributed by atoms with E-state index in [0.717, 1.165) is 22.4 Å². The van der Waals surface area contributed by atoms with E-state index in [1.807, 2.05) is 84.9 Å². The molecule has 250 valence electrons. The lowest BCUT2D eigenvalue weighted by Crippen LogP contribution is -2.42. The first-order valence-corrected chi connectivity index (χ1v) is 16.2. The van der Waals surface area contributed by atoms with Crippen molar-refractivity contribution >= 4 is 17.8 Å². The third-order valence-electron chi connectivity index (χ3n) is 7.75. The number of ether oxygens (including phenoxy) is 2. The molecule has 0 aliphatic heterocycles. The van der Waals surface area contributed by atoms with Crippen molar-refractivity contribution in [2.24, 2.45) is 11.8 Å². The lowest BCUT2D eigenvalue weighted by molar-refractivity contribution is -0.153. The molecule has 0 fully saturated rings. The maximum Gasteiger partial charge on any atom is 0.309 e. The van der Waals surface area contributed by atoms with Crippen LogP contribution < -0.4 is 15.4 Å². The highest BCUT2D eigenvalue weighted by Crippen LogP contribution is 2.18. The molecule has 3 N–H and O–H groups in total. The number of hydrogen-bond donors (Lipinski definition) is 3. The highest BCUT2D eigenvalue weighted by atomic mass is 16.5. The van der Waals surface area contributed by atoms with Crippen molar-refractivity contribution in [3.63, 3.8) is 0 Å². The zero-order valence-electron chi connectivity index (χ0n) is 27.3. The number of benzene rings is 3. The summed E-state index contributed by atoms with van der Waals surface area (Å²) in [4.78, 5) is 39.0. The number of hydrogen-bond acceptors (Lipinski definition) is 6. The van der Waals surface area contributed by atoms with Gasteiger partial charge >= 0.3 is 5.97 Å². The number of esters is 1. The third-order valence-corrected chi connectivity index (χ3v) is 7.75. The van der Waals surface area contributed by atoms with Crippen molar-refractivity contribution in [2.45, 2.75) is 64.2 Å². The minimum atomic E-state index is -0.658. The average molecular weight is 641 g/mol. The van der Waals surface area contributed by atoms with Gasteiger partial charge in [0.2, 0.25) is 11.8 Å². The Hall–Kier alpha value is -4.69. The number of amides is 2. The zero-order chi connectivity index (χ0) is 33.9. The molecule has 8 heteroatoms. The van der Waals surface area contributed by atoms with Gasteiger partial charge in [0.25, 0.3) is 0 Å². The maximum absolute atomic E-state index is 13.0. The first-order chi connectivity index (χ1) is 22.8. The van der Waals surface area contributed by atoms with E-state index in [1.54, 1.807) is 19.1 Å². The summed E-state index contributed by atoms with van der Waals surface area (Å²) in [6.07, 6.45) is 5.34. The molecule has 0 spiro atoms. The van der Waals surface area contributed by atoms with E-state index in [-0.39, 0.29) is 43.3 Å². The van der Waals surface area contributed by atoms with Gasteiger partial charge in [0, 0.05) is 6.42 Å². The van der Waals surface area contributed by atoms with Crippen LogP contribution in [0.3, 0.4) is 0 Å². The number of carbonyl (C=O) groups is 3. The van der Waals surface area contributed by atoms with E-state index in [0.29, 0.717) is 38.7 Å². The van der Waals surface area contributed by atoms with Crippen LogP contribution in [0.1, 0.15) is 49.3 Å². The lowest BCUT2D eigenvalue weighted by Gasteiger charge is -2.22. The summed E-state index contributed by atoms with van der Waals surface area (Å²) in [6.45, 7) is 9.56. The summed E-state index contributed by atoms with van der Waals surface area (Å²) in [6, 6.07) is 26.7. The summed E-state index contributed by atoms with van der Waals surface area (Å²) in [7, 11) is 0. The fourth-order valence-electron chi connectivity index (χ4n) is 5.15. The van der Waals surface area contributed by atoms with Crippen LogP contribution in [0.25, 0.3) is 0 Å². The Kier molecular flexibility index (Phi) is 16.0. The SMILES string of the molecule is C=CCCC(Cc1ccccc1)C(=O)OC(C)CNC(=O)C(CC=C)CC(=O)NC(CO)Cc1ccc(OCc2ccccc2)cc1. The molecule has 2 amide bonds. The van der Waals surface area contributed by atoms with Crippen molar-refractivity contribution in [1.29, 1.82) is 0 Å². The van der Waals surface area contributed by atoms with Crippen molar-refractivity contribution in [3.8, 4) is 5.75 Å². The normalized spacial score (nSPS) is 13.3. The van der Waals surface area contributed by atoms with Gasteiger partial charge in [0.05, 0.1) is 31.0 Å².